The smallest absolute Gasteiger partial charge is 0.343 e. The Morgan fingerprint density at radius 3 is 2.83 bits per heavy atom. The second kappa shape index (κ2) is 4.40. The zero-order valence-electron chi connectivity index (χ0n) is 9.58. The molecule has 0 aliphatic rings. The molecule has 0 spiro atoms. The maximum atomic E-state index is 11.8. The summed E-state index contributed by atoms with van der Waals surface area (Å²) in [5, 5.41) is 19.6. The van der Waals surface area contributed by atoms with Gasteiger partial charge in [-0.2, -0.15) is 0 Å². The van der Waals surface area contributed by atoms with Crippen LogP contribution in [0.3, 0.4) is 0 Å². The van der Waals surface area contributed by atoms with E-state index in [0.717, 1.165) is 0 Å². The zero-order valence-corrected chi connectivity index (χ0v) is 9.58. The van der Waals surface area contributed by atoms with Crippen molar-refractivity contribution in [1.29, 1.82) is 0 Å². The molecule has 0 aliphatic carbocycles. The van der Waals surface area contributed by atoms with Crippen LogP contribution in [0.15, 0.2) is 29.1 Å². The monoisotopic (exact) mass is 249 g/mol. The summed E-state index contributed by atoms with van der Waals surface area (Å²) in [5.41, 5.74) is -1.25. The number of ether oxygens (including phenoxy) is 1. The fourth-order valence-corrected chi connectivity index (χ4v) is 1.68. The SMILES string of the molecule is CCOC(=O)c1cc2cccc(O)c2n(O)c1=O. The number of hydrogen-bond donors (Lipinski definition) is 2. The number of aromatic hydroxyl groups is 1. The number of pyridine rings is 1. The van der Waals surface area contributed by atoms with Crippen LogP contribution in [0.25, 0.3) is 10.9 Å². The van der Waals surface area contributed by atoms with Gasteiger partial charge in [-0.3, -0.25) is 4.79 Å². The molecule has 2 rings (SSSR count). The second-order valence-electron chi connectivity index (χ2n) is 3.61. The minimum Gasteiger partial charge on any atom is -0.506 e. The van der Waals surface area contributed by atoms with E-state index < -0.39 is 11.5 Å². The van der Waals surface area contributed by atoms with Gasteiger partial charge < -0.3 is 15.1 Å². The quantitative estimate of drug-likeness (QED) is 0.615. The molecule has 2 aromatic rings. The molecule has 0 bridgehead atoms. The van der Waals surface area contributed by atoms with E-state index in [-0.39, 0.29) is 28.2 Å². The second-order valence-corrected chi connectivity index (χ2v) is 3.61. The Morgan fingerprint density at radius 2 is 2.17 bits per heavy atom. The van der Waals surface area contributed by atoms with Gasteiger partial charge in [-0.15, -0.1) is 4.73 Å². The van der Waals surface area contributed by atoms with E-state index in [2.05, 4.69) is 0 Å². The van der Waals surface area contributed by atoms with Crippen LogP contribution in [0.1, 0.15) is 17.3 Å². The van der Waals surface area contributed by atoms with Gasteiger partial charge in [0.25, 0.3) is 5.56 Å². The fourth-order valence-electron chi connectivity index (χ4n) is 1.68. The van der Waals surface area contributed by atoms with Crippen LogP contribution in [-0.4, -0.2) is 27.6 Å². The van der Waals surface area contributed by atoms with Crippen LogP contribution in [0, 0.1) is 0 Å². The maximum absolute atomic E-state index is 11.8. The number of para-hydroxylation sites is 1. The number of phenols is 1. The average Bonchev–Trinajstić information content (AvgIpc) is 2.33. The number of phenolic OH excluding ortho intramolecular Hbond substituents is 1. The average molecular weight is 249 g/mol. The molecule has 18 heavy (non-hydrogen) atoms. The van der Waals surface area contributed by atoms with Crippen LogP contribution in [-0.2, 0) is 4.74 Å². The van der Waals surface area contributed by atoms with Crippen molar-refractivity contribution in [3.05, 3.63) is 40.2 Å². The normalized spacial score (nSPS) is 10.5. The molecule has 6 nitrogen and oxygen atoms in total. The molecule has 0 fully saturated rings. The Morgan fingerprint density at radius 1 is 1.44 bits per heavy atom. The largest absolute Gasteiger partial charge is 0.506 e. The Bertz CT molecular complexity index is 674. The molecule has 0 atom stereocenters. The highest BCUT2D eigenvalue weighted by Crippen LogP contribution is 2.22. The standard InChI is InChI=1S/C12H11NO5/c1-2-18-12(16)8-6-7-4-3-5-9(14)10(7)13(17)11(8)15/h3-6,14,17H,2H2,1H3. The van der Waals surface area contributed by atoms with Crippen LogP contribution in [0.4, 0.5) is 0 Å². The molecule has 1 aromatic carbocycles. The Labute approximate surface area is 102 Å². The van der Waals surface area contributed by atoms with Crippen molar-refractivity contribution in [2.24, 2.45) is 0 Å². The van der Waals surface area contributed by atoms with E-state index in [1.807, 2.05) is 0 Å². The van der Waals surface area contributed by atoms with E-state index in [1.165, 1.54) is 18.2 Å². The summed E-state index contributed by atoms with van der Waals surface area (Å²) in [5.74, 6) is -1.06. The summed E-state index contributed by atoms with van der Waals surface area (Å²) in [6.45, 7) is 1.74. The lowest BCUT2D eigenvalue weighted by atomic mass is 10.1. The summed E-state index contributed by atoms with van der Waals surface area (Å²) in [7, 11) is 0. The molecule has 0 saturated carbocycles. The van der Waals surface area contributed by atoms with Gasteiger partial charge in [0, 0.05) is 5.39 Å². The third-order valence-corrected chi connectivity index (χ3v) is 2.48. The number of carbonyl (C=O) groups excluding carboxylic acids is 1. The van der Waals surface area contributed by atoms with Gasteiger partial charge in [-0.05, 0) is 19.1 Å². The predicted molar refractivity (Wildman–Crippen MR) is 63.0 cm³/mol. The van der Waals surface area contributed by atoms with Crippen LogP contribution in [0.5, 0.6) is 5.75 Å². The molecule has 6 heteroatoms. The molecule has 0 unspecified atom stereocenters. The first-order valence-electron chi connectivity index (χ1n) is 5.30. The third-order valence-electron chi connectivity index (χ3n) is 2.48. The topological polar surface area (TPSA) is 88.8 Å². The molecule has 1 heterocycles. The maximum Gasteiger partial charge on any atom is 0.343 e. The van der Waals surface area contributed by atoms with Crippen molar-refractivity contribution in [2.45, 2.75) is 6.92 Å². The van der Waals surface area contributed by atoms with Crippen molar-refractivity contribution in [2.75, 3.05) is 6.61 Å². The van der Waals surface area contributed by atoms with Crippen molar-refractivity contribution >= 4 is 16.9 Å². The van der Waals surface area contributed by atoms with E-state index in [9.17, 15) is 19.9 Å². The van der Waals surface area contributed by atoms with Crippen LogP contribution in [0.2, 0.25) is 0 Å². The molecule has 1 aromatic heterocycles. The van der Waals surface area contributed by atoms with E-state index in [0.29, 0.717) is 5.39 Å². The van der Waals surface area contributed by atoms with Gasteiger partial charge in [0.15, 0.2) is 0 Å². The van der Waals surface area contributed by atoms with Crippen molar-refractivity contribution in [3.63, 3.8) is 0 Å². The van der Waals surface area contributed by atoms with E-state index >= 15 is 0 Å². The van der Waals surface area contributed by atoms with Gasteiger partial charge in [0.2, 0.25) is 0 Å². The highest BCUT2D eigenvalue weighted by molar-refractivity contribution is 5.95. The molecule has 0 radical (unpaired) electrons. The number of rotatable bonds is 2. The summed E-state index contributed by atoms with van der Waals surface area (Å²) >= 11 is 0. The summed E-state index contributed by atoms with van der Waals surface area (Å²) in [4.78, 5) is 23.3. The summed E-state index contributed by atoms with van der Waals surface area (Å²) in [6.07, 6.45) is 0. The predicted octanol–water partition coefficient (Wildman–Crippen LogP) is 1.12. The first kappa shape index (κ1) is 12.0. The fraction of sp³-hybridized carbons (Fsp3) is 0.167. The highest BCUT2D eigenvalue weighted by Gasteiger charge is 2.17. The number of hydrogen-bond acceptors (Lipinski definition) is 5. The number of aromatic nitrogens is 1. The molecule has 94 valence electrons. The molecule has 0 aliphatic heterocycles. The Hall–Kier alpha value is -2.50. The van der Waals surface area contributed by atoms with E-state index in [1.54, 1.807) is 13.0 Å². The van der Waals surface area contributed by atoms with Crippen molar-refractivity contribution in [3.8, 4) is 5.75 Å². The molecule has 0 saturated heterocycles. The third kappa shape index (κ3) is 1.77. The number of esters is 1. The van der Waals surface area contributed by atoms with Gasteiger partial charge in [-0.1, -0.05) is 12.1 Å². The van der Waals surface area contributed by atoms with Crippen LogP contribution >= 0.6 is 0 Å². The van der Waals surface area contributed by atoms with Gasteiger partial charge in [0.1, 0.15) is 16.8 Å². The van der Waals surface area contributed by atoms with Gasteiger partial charge in [0.05, 0.1) is 6.61 Å². The number of fused-ring (bicyclic) bond motifs is 1. The number of benzene rings is 1. The lowest BCUT2D eigenvalue weighted by Gasteiger charge is -2.07. The number of nitrogens with zero attached hydrogens (tertiary/aromatic N) is 1. The van der Waals surface area contributed by atoms with Crippen molar-refractivity contribution < 1.29 is 19.8 Å². The van der Waals surface area contributed by atoms with Gasteiger partial charge in [-0.25, -0.2) is 4.79 Å². The highest BCUT2D eigenvalue weighted by atomic mass is 16.5. The summed E-state index contributed by atoms with van der Waals surface area (Å²) in [6, 6.07) is 5.71. The number of carbonyl (C=O) groups is 1. The van der Waals surface area contributed by atoms with Gasteiger partial charge >= 0.3 is 5.97 Å². The Balaban J connectivity index is 2.76. The minimum absolute atomic E-state index is 0.0458. The molecule has 0 amide bonds. The summed E-state index contributed by atoms with van der Waals surface area (Å²) < 4.78 is 4.96. The lowest BCUT2D eigenvalue weighted by molar-refractivity contribution is 0.0519. The molecular weight excluding hydrogens is 238 g/mol. The lowest BCUT2D eigenvalue weighted by Crippen LogP contribution is -2.26. The minimum atomic E-state index is -0.928. The Kier molecular flexibility index (Phi) is 2.93. The van der Waals surface area contributed by atoms with E-state index in [4.69, 9.17) is 4.74 Å². The first-order valence-corrected chi connectivity index (χ1v) is 5.30. The zero-order chi connectivity index (χ0) is 13.3. The van der Waals surface area contributed by atoms with Crippen molar-refractivity contribution in [1.82, 2.24) is 4.73 Å². The first-order chi connectivity index (χ1) is 8.56. The molecular formula is C12H11NO5. The molecule has 2 N–H and O–H groups in total. The van der Waals surface area contributed by atoms with Crippen LogP contribution < -0.4 is 5.56 Å².